The van der Waals surface area contributed by atoms with Crippen molar-refractivity contribution in [2.45, 2.75) is 30.8 Å². The Morgan fingerprint density at radius 1 is 1.63 bits per heavy atom. The molecule has 0 aliphatic carbocycles. The molecule has 1 spiro atoms. The van der Waals surface area contributed by atoms with Crippen molar-refractivity contribution in [3.05, 3.63) is 30.1 Å². The fourth-order valence-electron chi connectivity index (χ4n) is 2.70. The summed E-state index contributed by atoms with van der Waals surface area (Å²) in [4.78, 5) is 17.2. The van der Waals surface area contributed by atoms with E-state index < -0.39 is 0 Å². The average molecular weight is 278 g/mol. The molecule has 0 unspecified atom stereocenters. The Balaban J connectivity index is 1.47. The van der Waals surface area contributed by atoms with Gasteiger partial charge in [-0.25, -0.2) is 0 Å². The molecule has 3 rings (SSSR count). The van der Waals surface area contributed by atoms with E-state index in [1.54, 1.807) is 13.1 Å². The number of carbonyl (C=O) groups is 1. The van der Waals surface area contributed by atoms with Crippen LogP contribution < -0.4 is 0 Å². The Hall–Kier alpha value is -1.07. The standard InChI is InChI=1S/C14H18N2O2S/c1-11(17)16-9-14(10-16)5-13(8-19-14)18-7-12-3-2-4-15-6-12/h2-4,6,13H,5,7-10H2,1H3/t13-/m1/s1. The minimum Gasteiger partial charge on any atom is -0.373 e. The molecule has 0 bridgehead atoms. The lowest BCUT2D eigenvalue weighted by Gasteiger charge is -2.47. The molecule has 2 aliphatic rings. The Kier molecular flexibility index (Phi) is 3.50. The van der Waals surface area contributed by atoms with Gasteiger partial charge in [0.15, 0.2) is 0 Å². The van der Waals surface area contributed by atoms with Gasteiger partial charge in [0.05, 0.1) is 17.5 Å². The number of aromatic nitrogens is 1. The number of carbonyl (C=O) groups excluding carboxylic acids is 1. The zero-order valence-electron chi connectivity index (χ0n) is 11.0. The Bertz CT molecular complexity index is 460. The SMILES string of the molecule is CC(=O)N1CC2(C[C@@H](OCc3cccnc3)CS2)C1. The van der Waals surface area contributed by atoms with Crippen molar-refractivity contribution in [1.82, 2.24) is 9.88 Å². The van der Waals surface area contributed by atoms with Gasteiger partial charge < -0.3 is 9.64 Å². The third kappa shape index (κ3) is 2.77. The van der Waals surface area contributed by atoms with Gasteiger partial charge in [-0.1, -0.05) is 6.07 Å². The molecule has 5 heteroatoms. The van der Waals surface area contributed by atoms with Gasteiger partial charge in [-0.3, -0.25) is 9.78 Å². The molecule has 1 aromatic heterocycles. The third-order valence-corrected chi connectivity index (χ3v) is 5.36. The molecular formula is C14H18N2O2S. The summed E-state index contributed by atoms with van der Waals surface area (Å²) in [6.45, 7) is 4.05. The Morgan fingerprint density at radius 2 is 2.47 bits per heavy atom. The predicted octanol–water partition coefficient (Wildman–Crippen LogP) is 1.70. The number of ether oxygens (including phenoxy) is 1. The maximum absolute atomic E-state index is 11.2. The number of nitrogens with zero attached hydrogens (tertiary/aromatic N) is 2. The van der Waals surface area contributed by atoms with Crippen LogP contribution in [0.25, 0.3) is 0 Å². The van der Waals surface area contributed by atoms with Gasteiger partial charge in [-0.15, -0.1) is 11.8 Å². The number of amides is 1. The Labute approximate surface area is 117 Å². The van der Waals surface area contributed by atoms with Crippen molar-refractivity contribution < 1.29 is 9.53 Å². The highest BCUT2D eigenvalue weighted by Crippen LogP contribution is 2.46. The van der Waals surface area contributed by atoms with E-state index in [9.17, 15) is 4.79 Å². The lowest BCUT2D eigenvalue weighted by atomic mass is 9.93. The van der Waals surface area contributed by atoms with E-state index in [1.165, 1.54) is 0 Å². The summed E-state index contributed by atoms with van der Waals surface area (Å²) in [5.41, 5.74) is 1.12. The molecule has 2 aliphatic heterocycles. The first-order valence-corrected chi connectivity index (χ1v) is 7.55. The van der Waals surface area contributed by atoms with E-state index in [0.717, 1.165) is 30.8 Å². The highest BCUT2D eigenvalue weighted by atomic mass is 32.2. The van der Waals surface area contributed by atoms with Crippen LogP contribution >= 0.6 is 11.8 Å². The molecule has 4 nitrogen and oxygen atoms in total. The fourth-order valence-corrected chi connectivity index (χ4v) is 4.25. The van der Waals surface area contributed by atoms with Gasteiger partial charge in [-0.2, -0.15) is 0 Å². The quantitative estimate of drug-likeness (QED) is 0.844. The molecule has 1 aromatic rings. The third-order valence-electron chi connectivity index (χ3n) is 3.79. The second-order valence-corrected chi connectivity index (χ2v) is 6.86. The van der Waals surface area contributed by atoms with Crippen LogP contribution in [0.4, 0.5) is 0 Å². The van der Waals surface area contributed by atoms with Crippen molar-refractivity contribution in [2.75, 3.05) is 18.8 Å². The summed E-state index contributed by atoms with van der Waals surface area (Å²) >= 11 is 1.96. The van der Waals surface area contributed by atoms with Gasteiger partial charge >= 0.3 is 0 Å². The topological polar surface area (TPSA) is 42.4 Å². The predicted molar refractivity (Wildman–Crippen MR) is 74.9 cm³/mol. The number of likely N-dealkylation sites (tertiary alicyclic amines) is 1. The van der Waals surface area contributed by atoms with Gasteiger partial charge in [0, 0.05) is 38.2 Å². The van der Waals surface area contributed by atoms with Gasteiger partial charge in [0.25, 0.3) is 0 Å². The van der Waals surface area contributed by atoms with Crippen LogP contribution in [0.3, 0.4) is 0 Å². The van der Waals surface area contributed by atoms with E-state index in [4.69, 9.17) is 4.74 Å². The van der Waals surface area contributed by atoms with Gasteiger partial charge in [-0.05, 0) is 18.1 Å². The highest BCUT2D eigenvalue weighted by molar-refractivity contribution is 8.01. The average Bonchev–Trinajstić information content (AvgIpc) is 2.80. The lowest BCUT2D eigenvalue weighted by molar-refractivity contribution is -0.134. The van der Waals surface area contributed by atoms with Gasteiger partial charge in [0.2, 0.25) is 5.91 Å². The van der Waals surface area contributed by atoms with E-state index in [2.05, 4.69) is 4.98 Å². The van der Waals surface area contributed by atoms with Crippen LogP contribution in [0.1, 0.15) is 18.9 Å². The first-order valence-electron chi connectivity index (χ1n) is 6.57. The number of rotatable bonds is 3. The van der Waals surface area contributed by atoms with E-state index in [1.807, 2.05) is 35.0 Å². The zero-order chi connectivity index (χ0) is 13.3. The van der Waals surface area contributed by atoms with E-state index in [0.29, 0.717) is 12.7 Å². The normalized spacial score (nSPS) is 24.5. The molecule has 1 atom stereocenters. The summed E-state index contributed by atoms with van der Waals surface area (Å²) in [7, 11) is 0. The van der Waals surface area contributed by atoms with Crippen molar-refractivity contribution in [3.63, 3.8) is 0 Å². The second-order valence-electron chi connectivity index (χ2n) is 5.37. The summed E-state index contributed by atoms with van der Waals surface area (Å²) < 4.78 is 6.22. The molecular weight excluding hydrogens is 260 g/mol. The maximum Gasteiger partial charge on any atom is 0.219 e. The van der Waals surface area contributed by atoms with Crippen molar-refractivity contribution in [2.24, 2.45) is 0 Å². The lowest BCUT2D eigenvalue weighted by Crippen LogP contribution is -2.60. The number of thioether (sulfide) groups is 1. The molecule has 1 amide bonds. The maximum atomic E-state index is 11.2. The Morgan fingerprint density at radius 3 is 3.16 bits per heavy atom. The minimum atomic E-state index is 0.186. The van der Waals surface area contributed by atoms with E-state index >= 15 is 0 Å². The van der Waals surface area contributed by atoms with Crippen LogP contribution in [0.15, 0.2) is 24.5 Å². The number of hydrogen-bond acceptors (Lipinski definition) is 4. The molecule has 3 heterocycles. The zero-order valence-corrected chi connectivity index (χ0v) is 11.9. The smallest absolute Gasteiger partial charge is 0.219 e. The number of hydrogen-bond donors (Lipinski definition) is 0. The fraction of sp³-hybridized carbons (Fsp3) is 0.571. The van der Waals surface area contributed by atoms with E-state index in [-0.39, 0.29) is 10.7 Å². The molecule has 19 heavy (non-hydrogen) atoms. The molecule has 0 saturated carbocycles. The first-order chi connectivity index (χ1) is 9.17. The van der Waals surface area contributed by atoms with Crippen LogP contribution in [0.2, 0.25) is 0 Å². The number of pyridine rings is 1. The summed E-state index contributed by atoms with van der Waals surface area (Å²) in [5.74, 6) is 1.22. The van der Waals surface area contributed by atoms with Crippen molar-refractivity contribution in [1.29, 1.82) is 0 Å². The van der Waals surface area contributed by atoms with Crippen LogP contribution in [-0.4, -0.2) is 45.5 Å². The second kappa shape index (κ2) is 5.13. The summed E-state index contributed by atoms with van der Waals surface area (Å²) in [5, 5.41) is 0. The monoisotopic (exact) mass is 278 g/mol. The van der Waals surface area contributed by atoms with Crippen LogP contribution in [-0.2, 0) is 16.1 Å². The molecule has 0 N–H and O–H groups in total. The molecule has 0 radical (unpaired) electrons. The summed E-state index contributed by atoms with van der Waals surface area (Å²) in [6.07, 6.45) is 4.98. The first kappa shape index (κ1) is 12.9. The molecule has 102 valence electrons. The van der Waals surface area contributed by atoms with Crippen LogP contribution in [0.5, 0.6) is 0 Å². The molecule has 2 saturated heterocycles. The van der Waals surface area contributed by atoms with Crippen molar-refractivity contribution in [3.8, 4) is 0 Å². The molecule has 0 aromatic carbocycles. The highest BCUT2D eigenvalue weighted by Gasteiger charge is 2.50. The molecule has 2 fully saturated rings. The minimum absolute atomic E-state index is 0.186. The van der Waals surface area contributed by atoms with Crippen LogP contribution in [0, 0.1) is 0 Å². The van der Waals surface area contributed by atoms with Gasteiger partial charge in [0.1, 0.15) is 0 Å². The van der Waals surface area contributed by atoms with Crippen molar-refractivity contribution >= 4 is 17.7 Å². The largest absolute Gasteiger partial charge is 0.373 e. The summed E-state index contributed by atoms with van der Waals surface area (Å²) in [6, 6.07) is 3.96.